The van der Waals surface area contributed by atoms with Crippen molar-refractivity contribution >= 4 is 51.8 Å². The van der Waals surface area contributed by atoms with Gasteiger partial charge in [0, 0.05) is 18.1 Å². The number of fused-ring (bicyclic) bond motifs is 1. The van der Waals surface area contributed by atoms with Gasteiger partial charge in [-0.15, -0.1) is 0 Å². The summed E-state index contributed by atoms with van der Waals surface area (Å²) in [5.41, 5.74) is 1.48. The maximum absolute atomic E-state index is 13.7. The fraction of sp³-hybridized carbons (Fsp3) is 0.233. The fourth-order valence-corrected chi connectivity index (χ4v) is 4.64. The highest BCUT2D eigenvalue weighted by Crippen LogP contribution is 2.26. The molecule has 4 rings (SSSR count). The van der Waals surface area contributed by atoms with Crippen molar-refractivity contribution < 1.29 is 18.4 Å². The molecule has 0 spiro atoms. The molecule has 0 saturated heterocycles. The molecule has 3 aromatic carbocycles. The number of carbonyl (C=O) groups excluding carboxylic acids is 2. The molecule has 0 saturated carbocycles. The Morgan fingerprint density at radius 2 is 1.70 bits per heavy atom. The number of carbonyl (C=O) groups is 2. The molecule has 0 bridgehead atoms. The van der Waals surface area contributed by atoms with Gasteiger partial charge in [-0.25, -0.2) is 9.18 Å². The molecule has 0 aliphatic rings. The molecule has 208 valence electrons. The van der Waals surface area contributed by atoms with Crippen LogP contribution in [0.5, 0.6) is 0 Å². The summed E-state index contributed by atoms with van der Waals surface area (Å²) in [5, 5.41) is 3.82. The molecule has 0 unspecified atom stereocenters. The summed E-state index contributed by atoms with van der Waals surface area (Å²) in [6.07, 6.45) is 1.34. The first-order valence-electron chi connectivity index (χ1n) is 12.6. The Kier molecular flexibility index (Phi) is 9.45. The van der Waals surface area contributed by atoms with Crippen LogP contribution in [0.3, 0.4) is 0 Å². The third-order valence-corrected chi connectivity index (χ3v) is 6.67. The van der Waals surface area contributed by atoms with E-state index in [9.17, 15) is 18.8 Å². The lowest BCUT2D eigenvalue weighted by atomic mass is 10.1. The highest BCUT2D eigenvalue weighted by Gasteiger charge is 2.24. The van der Waals surface area contributed by atoms with Crippen molar-refractivity contribution in [3.8, 4) is 0 Å². The van der Waals surface area contributed by atoms with Crippen molar-refractivity contribution in [2.45, 2.75) is 26.9 Å². The lowest BCUT2D eigenvalue weighted by Gasteiger charge is -2.29. The van der Waals surface area contributed by atoms with Gasteiger partial charge >= 0.3 is 6.03 Å². The predicted octanol–water partition coefficient (Wildman–Crippen LogP) is 6.96. The number of para-hydroxylation sites is 1. The second kappa shape index (κ2) is 13.0. The number of benzene rings is 3. The van der Waals surface area contributed by atoms with Gasteiger partial charge in [-0.05, 0) is 53.9 Å². The molecule has 0 atom stereocenters. The van der Waals surface area contributed by atoms with E-state index in [4.69, 9.17) is 27.6 Å². The van der Waals surface area contributed by atoms with Crippen LogP contribution in [0.25, 0.3) is 11.0 Å². The first kappa shape index (κ1) is 29.1. The van der Waals surface area contributed by atoms with Gasteiger partial charge in [-0.1, -0.05) is 61.3 Å². The summed E-state index contributed by atoms with van der Waals surface area (Å²) >= 11 is 12.2. The van der Waals surface area contributed by atoms with Crippen molar-refractivity contribution in [2.24, 2.45) is 5.92 Å². The van der Waals surface area contributed by atoms with Crippen LogP contribution in [0, 0.1) is 11.7 Å². The molecule has 0 aliphatic carbocycles. The summed E-state index contributed by atoms with van der Waals surface area (Å²) in [6.45, 7) is 3.89. The average molecular weight is 584 g/mol. The lowest BCUT2D eigenvalue weighted by molar-refractivity contribution is -0.133. The normalized spacial score (nSPS) is 11.1. The molecule has 10 heteroatoms. The van der Waals surface area contributed by atoms with Gasteiger partial charge in [-0.2, -0.15) is 0 Å². The van der Waals surface area contributed by atoms with Crippen LogP contribution in [-0.2, 0) is 17.9 Å². The van der Waals surface area contributed by atoms with Crippen LogP contribution in [0.2, 0.25) is 10.0 Å². The molecular weight excluding hydrogens is 556 g/mol. The maximum atomic E-state index is 13.7. The first-order valence-corrected chi connectivity index (χ1v) is 13.4. The molecule has 1 aromatic heterocycles. The van der Waals surface area contributed by atoms with Crippen molar-refractivity contribution in [1.82, 2.24) is 9.80 Å². The van der Waals surface area contributed by atoms with Gasteiger partial charge in [0.2, 0.25) is 5.91 Å². The molecule has 0 radical (unpaired) electrons. The quantitative estimate of drug-likeness (QED) is 0.231. The van der Waals surface area contributed by atoms with Crippen LogP contribution in [-0.4, -0.2) is 34.8 Å². The van der Waals surface area contributed by atoms with E-state index in [-0.39, 0.29) is 48.1 Å². The minimum absolute atomic E-state index is 0.0531. The van der Waals surface area contributed by atoms with Crippen LogP contribution in [0.15, 0.2) is 82.2 Å². The van der Waals surface area contributed by atoms with E-state index in [2.05, 4.69) is 5.32 Å². The Hall–Kier alpha value is -3.88. The van der Waals surface area contributed by atoms with Gasteiger partial charge in [0.05, 0.1) is 34.5 Å². The van der Waals surface area contributed by atoms with Crippen LogP contribution < -0.4 is 10.7 Å². The summed E-state index contributed by atoms with van der Waals surface area (Å²) in [6, 6.07) is 16.8. The van der Waals surface area contributed by atoms with Gasteiger partial charge in [-0.3, -0.25) is 9.59 Å². The smallest absolute Gasteiger partial charge is 0.322 e. The standard InChI is InChI=1S/C30H28Cl2FN3O4/c1-19(2)14-36(30(39)34-26-12-9-22(31)13-25(26)32)17-28(37)35(15-20-7-10-23(33)11-8-20)16-21-18-40-27-6-4-3-5-24(27)29(21)38/h3-13,18-19H,14-17H2,1-2H3,(H,34,39). The molecule has 1 heterocycles. The molecule has 4 aromatic rings. The van der Waals surface area contributed by atoms with E-state index >= 15 is 0 Å². The van der Waals surface area contributed by atoms with Crippen molar-refractivity contribution in [3.63, 3.8) is 0 Å². The Morgan fingerprint density at radius 1 is 0.975 bits per heavy atom. The van der Waals surface area contributed by atoms with Crippen LogP contribution in [0.4, 0.5) is 14.9 Å². The molecule has 0 aliphatic heterocycles. The van der Waals surface area contributed by atoms with E-state index in [0.717, 1.165) is 0 Å². The van der Waals surface area contributed by atoms with E-state index in [1.54, 1.807) is 48.5 Å². The number of nitrogens with one attached hydrogen (secondary N) is 1. The molecule has 1 N–H and O–H groups in total. The van der Waals surface area contributed by atoms with Crippen molar-refractivity contribution in [1.29, 1.82) is 0 Å². The third-order valence-electron chi connectivity index (χ3n) is 6.12. The number of urea groups is 1. The van der Waals surface area contributed by atoms with Gasteiger partial charge in [0.1, 0.15) is 17.9 Å². The summed E-state index contributed by atoms with van der Waals surface area (Å²) in [4.78, 5) is 43.0. The highest BCUT2D eigenvalue weighted by atomic mass is 35.5. The zero-order valence-corrected chi connectivity index (χ0v) is 23.5. The van der Waals surface area contributed by atoms with Crippen molar-refractivity contribution in [3.05, 3.63) is 110 Å². The first-order chi connectivity index (χ1) is 19.1. The maximum Gasteiger partial charge on any atom is 0.322 e. The number of hydrogen-bond acceptors (Lipinski definition) is 4. The van der Waals surface area contributed by atoms with Crippen molar-refractivity contribution in [2.75, 3.05) is 18.4 Å². The monoisotopic (exact) mass is 583 g/mol. The zero-order chi connectivity index (χ0) is 28.8. The van der Waals surface area contributed by atoms with Gasteiger partial charge in [0.15, 0.2) is 5.43 Å². The lowest BCUT2D eigenvalue weighted by Crippen LogP contribution is -2.45. The van der Waals surface area contributed by atoms with Gasteiger partial charge in [0.25, 0.3) is 0 Å². The minimum atomic E-state index is -0.516. The fourth-order valence-electron chi connectivity index (χ4n) is 4.18. The summed E-state index contributed by atoms with van der Waals surface area (Å²) < 4.78 is 19.2. The zero-order valence-electron chi connectivity index (χ0n) is 22.0. The molecule has 3 amide bonds. The number of rotatable bonds is 9. The number of halogens is 3. The number of nitrogens with zero attached hydrogens (tertiary/aromatic N) is 2. The Morgan fingerprint density at radius 3 is 2.40 bits per heavy atom. The van der Waals surface area contributed by atoms with E-state index in [0.29, 0.717) is 27.2 Å². The SMILES string of the molecule is CC(C)CN(CC(=O)N(Cc1ccc(F)cc1)Cc1coc2ccccc2c1=O)C(=O)Nc1ccc(Cl)cc1Cl. The summed E-state index contributed by atoms with van der Waals surface area (Å²) in [7, 11) is 0. The van der Waals surface area contributed by atoms with E-state index < -0.39 is 17.8 Å². The molecule has 0 fully saturated rings. The van der Waals surface area contributed by atoms with E-state index in [1.165, 1.54) is 34.3 Å². The summed E-state index contributed by atoms with van der Waals surface area (Å²) in [5.74, 6) is -0.760. The average Bonchev–Trinajstić information content (AvgIpc) is 2.92. The molecular formula is C30H28Cl2FN3O4. The largest absolute Gasteiger partial charge is 0.464 e. The topological polar surface area (TPSA) is 82.9 Å². The van der Waals surface area contributed by atoms with Crippen LogP contribution in [0.1, 0.15) is 25.0 Å². The molecule has 7 nitrogen and oxygen atoms in total. The number of amides is 3. The Labute approximate surface area is 241 Å². The minimum Gasteiger partial charge on any atom is -0.464 e. The second-order valence-electron chi connectivity index (χ2n) is 9.79. The molecule has 40 heavy (non-hydrogen) atoms. The van der Waals surface area contributed by atoms with E-state index in [1.807, 2.05) is 13.8 Å². The Balaban J connectivity index is 1.61. The third kappa shape index (κ3) is 7.40. The van der Waals surface area contributed by atoms with Crippen LogP contribution >= 0.6 is 23.2 Å². The predicted molar refractivity (Wildman–Crippen MR) is 155 cm³/mol. The van der Waals surface area contributed by atoms with Gasteiger partial charge < -0.3 is 19.5 Å². The number of anilines is 1. The second-order valence-corrected chi connectivity index (χ2v) is 10.6. The Bertz CT molecular complexity index is 1570. The highest BCUT2D eigenvalue weighted by molar-refractivity contribution is 6.36. The number of hydrogen-bond donors (Lipinski definition) is 1.